The van der Waals surface area contributed by atoms with Crippen molar-refractivity contribution in [2.75, 3.05) is 18.5 Å². The molecule has 0 unspecified atom stereocenters. The molecule has 2 N–H and O–H groups in total. The standard InChI is InChI=1S/C24H24N2O3/c1-2-29-22-11-7-6-10-21(22)26-24(28)20-14-12-19(13-15-20)23(27)25-17-16-18-8-4-3-5-9-18/h3-15H,2,16-17H2,1H3,(H,25,27)(H,26,28). The van der Waals surface area contributed by atoms with E-state index in [4.69, 9.17) is 4.74 Å². The molecule has 0 aliphatic carbocycles. The Morgan fingerprint density at radius 1 is 0.793 bits per heavy atom. The van der Waals surface area contributed by atoms with Crippen molar-refractivity contribution in [1.29, 1.82) is 0 Å². The Hall–Kier alpha value is -3.60. The Morgan fingerprint density at radius 2 is 1.41 bits per heavy atom. The van der Waals surface area contributed by atoms with E-state index in [2.05, 4.69) is 10.6 Å². The van der Waals surface area contributed by atoms with Gasteiger partial charge < -0.3 is 15.4 Å². The fourth-order valence-corrected chi connectivity index (χ4v) is 2.89. The fourth-order valence-electron chi connectivity index (χ4n) is 2.89. The van der Waals surface area contributed by atoms with Gasteiger partial charge in [0, 0.05) is 17.7 Å². The second-order valence-corrected chi connectivity index (χ2v) is 6.45. The number of carbonyl (C=O) groups is 2. The number of nitrogens with one attached hydrogen (secondary N) is 2. The highest BCUT2D eigenvalue weighted by Crippen LogP contribution is 2.24. The van der Waals surface area contributed by atoms with Gasteiger partial charge in [0.05, 0.1) is 12.3 Å². The molecule has 5 nitrogen and oxygen atoms in total. The van der Waals surface area contributed by atoms with Crippen LogP contribution in [0.2, 0.25) is 0 Å². The molecule has 3 rings (SSSR count). The quantitative estimate of drug-likeness (QED) is 0.604. The zero-order valence-corrected chi connectivity index (χ0v) is 16.4. The first-order valence-corrected chi connectivity index (χ1v) is 9.62. The van der Waals surface area contributed by atoms with Crippen LogP contribution in [0.4, 0.5) is 5.69 Å². The van der Waals surface area contributed by atoms with E-state index in [1.165, 1.54) is 5.56 Å². The lowest BCUT2D eigenvalue weighted by Crippen LogP contribution is -2.25. The lowest BCUT2D eigenvalue weighted by atomic mass is 10.1. The molecule has 5 heteroatoms. The van der Waals surface area contributed by atoms with E-state index in [1.807, 2.05) is 55.5 Å². The smallest absolute Gasteiger partial charge is 0.255 e. The molecule has 0 heterocycles. The van der Waals surface area contributed by atoms with Gasteiger partial charge in [0.25, 0.3) is 11.8 Å². The molecule has 0 aliphatic rings. The second kappa shape index (κ2) is 10.1. The van der Waals surface area contributed by atoms with Gasteiger partial charge in [-0.05, 0) is 55.3 Å². The molecule has 0 atom stereocenters. The molecule has 0 aliphatic heterocycles. The SMILES string of the molecule is CCOc1ccccc1NC(=O)c1ccc(C(=O)NCCc2ccccc2)cc1. The monoisotopic (exact) mass is 388 g/mol. The first-order valence-electron chi connectivity index (χ1n) is 9.62. The van der Waals surface area contributed by atoms with Crippen molar-refractivity contribution in [3.63, 3.8) is 0 Å². The van der Waals surface area contributed by atoms with Crippen LogP contribution in [-0.2, 0) is 6.42 Å². The van der Waals surface area contributed by atoms with E-state index in [0.717, 1.165) is 6.42 Å². The number of anilines is 1. The summed E-state index contributed by atoms with van der Waals surface area (Å²) in [5.41, 5.74) is 2.77. The Bertz CT molecular complexity index is 953. The molecule has 2 amide bonds. The molecular weight excluding hydrogens is 364 g/mol. The van der Waals surface area contributed by atoms with Crippen LogP contribution in [0.5, 0.6) is 5.75 Å². The molecule has 0 bridgehead atoms. The maximum Gasteiger partial charge on any atom is 0.255 e. The molecule has 0 radical (unpaired) electrons. The summed E-state index contributed by atoms with van der Waals surface area (Å²) in [5, 5.41) is 5.75. The van der Waals surface area contributed by atoms with E-state index < -0.39 is 0 Å². The number of hydrogen-bond donors (Lipinski definition) is 2. The number of benzene rings is 3. The number of hydrogen-bond acceptors (Lipinski definition) is 3. The largest absolute Gasteiger partial charge is 0.492 e. The van der Waals surface area contributed by atoms with Gasteiger partial charge in [-0.3, -0.25) is 9.59 Å². The minimum Gasteiger partial charge on any atom is -0.492 e. The Morgan fingerprint density at radius 3 is 2.10 bits per heavy atom. The van der Waals surface area contributed by atoms with Gasteiger partial charge in [-0.2, -0.15) is 0 Å². The highest BCUT2D eigenvalue weighted by Gasteiger charge is 2.11. The summed E-state index contributed by atoms with van der Waals surface area (Å²) in [6, 6.07) is 23.9. The summed E-state index contributed by atoms with van der Waals surface area (Å²) >= 11 is 0. The molecule has 0 saturated heterocycles. The van der Waals surface area contributed by atoms with Gasteiger partial charge in [0.1, 0.15) is 5.75 Å². The predicted octanol–water partition coefficient (Wildman–Crippen LogP) is 4.31. The minimum absolute atomic E-state index is 0.158. The van der Waals surface area contributed by atoms with Gasteiger partial charge in [0.2, 0.25) is 0 Å². The number of carbonyl (C=O) groups excluding carboxylic acids is 2. The normalized spacial score (nSPS) is 10.2. The Kier molecular flexibility index (Phi) is 7.00. The number of ether oxygens (including phenoxy) is 1. The van der Waals surface area contributed by atoms with Crippen LogP contribution < -0.4 is 15.4 Å². The summed E-state index contributed by atoms with van der Waals surface area (Å²) in [4.78, 5) is 24.8. The van der Waals surface area contributed by atoms with Crippen LogP contribution in [0.1, 0.15) is 33.2 Å². The topological polar surface area (TPSA) is 67.4 Å². The van der Waals surface area contributed by atoms with Gasteiger partial charge in [0.15, 0.2) is 0 Å². The number of para-hydroxylation sites is 2. The van der Waals surface area contributed by atoms with Gasteiger partial charge in [-0.25, -0.2) is 0 Å². The van der Waals surface area contributed by atoms with Crippen LogP contribution in [0.25, 0.3) is 0 Å². The van der Waals surface area contributed by atoms with E-state index in [1.54, 1.807) is 30.3 Å². The minimum atomic E-state index is -0.256. The Labute approximate surface area is 170 Å². The summed E-state index contributed by atoms with van der Waals surface area (Å²) in [6.07, 6.45) is 0.770. The lowest BCUT2D eigenvalue weighted by Gasteiger charge is -2.11. The van der Waals surface area contributed by atoms with Crippen molar-refractivity contribution in [3.8, 4) is 5.75 Å². The average molecular weight is 388 g/mol. The summed E-state index contributed by atoms with van der Waals surface area (Å²) in [7, 11) is 0. The summed E-state index contributed by atoms with van der Waals surface area (Å²) in [6.45, 7) is 2.96. The summed E-state index contributed by atoms with van der Waals surface area (Å²) in [5.74, 6) is 0.209. The zero-order valence-electron chi connectivity index (χ0n) is 16.4. The molecule has 3 aromatic carbocycles. The van der Waals surface area contributed by atoms with Crippen molar-refractivity contribution < 1.29 is 14.3 Å². The third-order valence-electron chi connectivity index (χ3n) is 4.39. The van der Waals surface area contributed by atoms with E-state index in [0.29, 0.717) is 35.7 Å². The second-order valence-electron chi connectivity index (χ2n) is 6.45. The van der Waals surface area contributed by atoms with Crippen LogP contribution in [0.15, 0.2) is 78.9 Å². The van der Waals surface area contributed by atoms with Crippen molar-refractivity contribution in [3.05, 3.63) is 95.6 Å². The van der Waals surface area contributed by atoms with Crippen molar-refractivity contribution in [2.45, 2.75) is 13.3 Å². The van der Waals surface area contributed by atoms with Crippen molar-refractivity contribution >= 4 is 17.5 Å². The third kappa shape index (κ3) is 5.69. The zero-order chi connectivity index (χ0) is 20.5. The Balaban J connectivity index is 1.56. The lowest BCUT2D eigenvalue weighted by molar-refractivity contribution is 0.0952. The van der Waals surface area contributed by atoms with Crippen molar-refractivity contribution in [1.82, 2.24) is 5.32 Å². The molecular formula is C24H24N2O3. The first-order chi connectivity index (χ1) is 14.2. The van der Waals surface area contributed by atoms with Crippen LogP contribution in [0, 0.1) is 0 Å². The van der Waals surface area contributed by atoms with Crippen LogP contribution >= 0.6 is 0 Å². The van der Waals surface area contributed by atoms with Crippen LogP contribution in [-0.4, -0.2) is 25.0 Å². The maximum absolute atomic E-state index is 12.5. The highest BCUT2D eigenvalue weighted by atomic mass is 16.5. The number of amides is 2. The van der Waals surface area contributed by atoms with Gasteiger partial charge in [-0.1, -0.05) is 42.5 Å². The molecule has 0 saturated carbocycles. The molecule has 148 valence electrons. The predicted molar refractivity (Wildman–Crippen MR) is 114 cm³/mol. The van der Waals surface area contributed by atoms with E-state index in [-0.39, 0.29) is 11.8 Å². The highest BCUT2D eigenvalue weighted by molar-refractivity contribution is 6.05. The van der Waals surface area contributed by atoms with E-state index in [9.17, 15) is 9.59 Å². The average Bonchev–Trinajstić information content (AvgIpc) is 2.76. The van der Waals surface area contributed by atoms with Crippen LogP contribution in [0.3, 0.4) is 0 Å². The van der Waals surface area contributed by atoms with Crippen molar-refractivity contribution in [2.24, 2.45) is 0 Å². The molecule has 0 spiro atoms. The molecule has 0 fully saturated rings. The fraction of sp³-hybridized carbons (Fsp3) is 0.167. The molecule has 3 aromatic rings. The number of rotatable bonds is 8. The molecule has 29 heavy (non-hydrogen) atoms. The molecule has 0 aromatic heterocycles. The first kappa shape index (κ1) is 20.1. The van der Waals surface area contributed by atoms with Gasteiger partial charge >= 0.3 is 0 Å². The third-order valence-corrected chi connectivity index (χ3v) is 4.39. The van der Waals surface area contributed by atoms with E-state index >= 15 is 0 Å². The maximum atomic E-state index is 12.5. The summed E-state index contributed by atoms with van der Waals surface area (Å²) < 4.78 is 5.53. The van der Waals surface area contributed by atoms with Gasteiger partial charge in [-0.15, -0.1) is 0 Å².